The van der Waals surface area contributed by atoms with Gasteiger partial charge in [0.05, 0.1) is 22.3 Å². The van der Waals surface area contributed by atoms with E-state index < -0.39 is 33.1 Å². The van der Waals surface area contributed by atoms with Gasteiger partial charge < -0.3 is 19.0 Å². The van der Waals surface area contributed by atoms with E-state index in [-0.39, 0.29) is 11.4 Å². The number of hydrogen-bond acceptors (Lipinski definition) is 8. The van der Waals surface area contributed by atoms with Gasteiger partial charge in [-0.3, -0.25) is 0 Å². The Morgan fingerprint density at radius 1 is 1.16 bits per heavy atom. The zero-order valence-corrected chi connectivity index (χ0v) is 19.2. The molecule has 1 N–H and O–H groups in total. The molecule has 0 saturated carbocycles. The Morgan fingerprint density at radius 2 is 1.91 bits per heavy atom. The third-order valence-corrected chi connectivity index (χ3v) is 8.50. The number of carbonyl (C=O) groups is 2. The Labute approximate surface area is 188 Å². The van der Waals surface area contributed by atoms with Crippen molar-refractivity contribution in [2.75, 3.05) is 19.4 Å². The topological polar surface area (TPSA) is 123 Å². The van der Waals surface area contributed by atoms with Crippen LogP contribution < -0.4 is 0 Å². The van der Waals surface area contributed by atoms with Crippen LogP contribution in [0.2, 0.25) is 0 Å². The van der Waals surface area contributed by atoms with Gasteiger partial charge in [0.25, 0.3) is 0 Å². The molecule has 0 spiro atoms. The molecule has 3 aromatic rings. The summed E-state index contributed by atoms with van der Waals surface area (Å²) in [6.45, 7) is 3.61. The Bertz CT molecular complexity index is 1330. The van der Waals surface area contributed by atoms with Gasteiger partial charge >= 0.3 is 12.1 Å². The maximum absolute atomic E-state index is 13.5. The molecule has 0 aliphatic carbocycles. The van der Waals surface area contributed by atoms with Crippen LogP contribution >= 0.6 is 11.8 Å². The first-order valence-corrected chi connectivity index (χ1v) is 12.1. The number of sulfonamides is 1. The number of furan rings is 1. The average molecular weight is 480 g/mol. The lowest BCUT2D eigenvalue weighted by atomic mass is 10.1. The van der Waals surface area contributed by atoms with Crippen molar-refractivity contribution in [3.05, 3.63) is 42.0 Å². The molecule has 0 amide bonds. The summed E-state index contributed by atoms with van der Waals surface area (Å²) in [4.78, 5) is 23.0. The van der Waals surface area contributed by atoms with Gasteiger partial charge in [-0.25, -0.2) is 18.0 Å². The molecule has 2 heterocycles. The van der Waals surface area contributed by atoms with Crippen molar-refractivity contribution in [3.63, 3.8) is 0 Å². The summed E-state index contributed by atoms with van der Waals surface area (Å²) in [5.41, 5.74) is 1.18. The number of thioether (sulfide) groups is 1. The molecule has 0 bridgehead atoms. The summed E-state index contributed by atoms with van der Waals surface area (Å²) in [5, 5.41) is 10.4. The highest BCUT2D eigenvalue weighted by molar-refractivity contribution is 8.00. The van der Waals surface area contributed by atoms with E-state index in [1.807, 2.05) is 0 Å². The molecule has 32 heavy (non-hydrogen) atoms. The predicted molar refractivity (Wildman–Crippen MR) is 118 cm³/mol. The summed E-state index contributed by atoms with van der Waals surface area (Å²) in [6.07, 6.45) is -2.72. The Morgan fingerprint density at radius 3 is 2.59 bits per heavy atom. The van der Waals surface area contributed by atoms with Crippen LogP contribution in [-0.2, 0) is 19.5 Å². The molecule has 1 atom stereocenters. The number of rotatable bonds is 4. The van der Waals surface area contributed by atoms with Crippen molar-refractivity contribution >= 4 is 55.8 Å². The Kier molecular flexibility index (Phi) is 5.60. The molecule has 1 aromatic heterocycles. The smallest absolute Gasteiger partial charge is 0.465 e. The SMILES string of the molecule is COC(=O)c1ccc2c(c1)oc1ccc(S(=O)(=O)N3CCSC(C)(C)[C@@H]3OC(=O)O)cc12. The van der Waals surface area contributed by atoms with Crippen LogP contribution in [0.5, 0.6) is 0 Å². The molecule has 1 fully saturated rings. The first kappa shape index (κ1) is 22.4. The Balaban J connectivity index is 1.80. The number of ether oxygens (including phenoxy) is 2. The summed E-state index contributed by atoms with van der Waals surface area (Å²) >= 11 is 1.45. The minimum atomic E-state index is -4.08. The quantitative estimate of drug-likeness (QED) is 0.555. The van der Waals surface area contributed by atoms with Gasteiger partial charge in [-0.2, -0.15) is 4.31 Å². The number of carbonyl (C=O) groups excluding carboxylic acids is 1. The number of methoxy groups -OCH3 is 1. The summed E-state index contributed by atoms with van der Waals surface area (Å²) in [5.74, 6) is -0.00972. The minimum Gasteiger partial charge on any atom is -0.465 e. The van der Waals surface area contributed by atoms with Gasteiger partial charge in [0.1, 0.15) is 11.2 Å². The third kappa shape index (κ3) is 3.80. The van der Waals surface area contributed by atoms with Crippen LogP contribution in [-0.4, -0.2) is 60.3 Å². The minimum absolute atomic E-state index is 0.00793. The average Bonchev–Trinajstić information content (AvgIpc) is 3.11. The molecule has 1 saturated heterocycles. The maximum Gasteiger partial charge on any atom is 0.507 e. The number of hydrogen-bond donors (Lipinski definition) is 1. The van der Waals surface area contributed by atoms with Crippen molar-refractivity contribution < 1.29 is 37.0 Å². The van der Waals surface area contributed by atoms with Crippen LogP contribution in [0, 0.1) is 0 Å². The van der Waals surface area contributed by atoms with E-state index in [0.717, 1.165) is 4.31 Å². The van der Waals surface area contributed by atoms with Gasteiger partial charge in [0.2, 0.25) is 10.0 Å². The normalized spacial score (nSPS) is 19.2. The van der Waals surface area contributed by atoms with Gasteiger partial charge in [-0.15, -0.1) is 11.8 Å². The van der Waals surface area contributed by atoms with E-state index in [0.29, 0.717) is 33.3 Å². The van der Waals surface area contributed by atoms with Crippen LogP contribution in [0.25, 0.3) is 21.9 Å². The molecule has 1 aliphatic rings. The predicted octanol–water partition coefficient (Wildman–Crippen LogP) is 3.91. The first-order valence-electron chi connectivity index (χ1n) is 9.64. The van der Waals surface area contributed by atoms with Gasteiger partial charge in [-0.1, -0.05) is 0 Å². The second-order valence-electron chi connectivity index (χ2n) is 7.77. The fourth-order valence-corrected chi connectivity index (χ4v) is 6.76. The fourth-order valence-electron chi connectivity index (χ4n) is 3.77. The van der Waals surface area contributed by atoms with Crippen molar-refractivity contribution in [1.82, 2.24) is 4.31 Å². The molecular formula is C21H21NO8S2. The molecule has 0 unspecified atom stereocenters. The summed E-state index contributed by atoms with van der Waals surface area (Å²) < 4.78 is 42.8. The zero-order valence-electron chi connectivity index (χ0n) is 17.5. The van der Waals surface area contributed by atoms with E-state index in [9.17, 15) is 18.0 Å². The lowest BCUT2D eigenvalue weighted by Gasteiger charge is -2.43. The fraction of sp³-hybridized carbons (Fsp3) is 0.333. The second-order valence-corrected chi connectivity index (χ2v) is 11.4. The molecule has 11 heteroatoms. The monoisotopic (exact) mass is 479 g/mol. The lowest BCUT2D eigenvalue weighted by Crippen LogP contribution is -2.56. The summed E-state index contributed by atoms with van der Waals surface area (Å²) in [7, 11) is -2.79. The van der Waals surface area contributed by atoms with E-state index in [1.165, 1.54) is 43.1 Å². The summed E-state index contributed by atoms with van der Waals surface area (Å²) in [6, 6.07) is 9.22. The van der Waals surface area contributed by atoms with Crippen LogP contribution in [0.3, 0.4) is 0 Å². The highest BCUT2D eigenvalue weighted by Gasteiger charge is 2.47. The Hall–Kier alpha value is -2.76. The third-order valence-electron chi connectivity index (χ3n) is 5.32. The van der Waals surface area contributed by atoms with Gasteiger partial charge in [0, 0.05) is 23.1 Å². The van der Waals surface area contributed by atoms with E-state index in [2.05, 4.69) is 0 Å². The van der Waals surface area contributed by atoms with Gasteiger partial charge in [-0.05, 0) is 50.2 Å². The molecule has 170 valence electrons. The molecule has 1 aliphatic heterocycles. The number of benzene rings is 2. The number of fused-ring (bicyclic) bond motifs is 3. The van der Waals surface area contributed by atoms with E-state index in [1.54, 1.807) is 26.0 Å². The van der Waals surface area contributed by atoms with Crippen molar-refractivity contribution in [2.24, 2.45) is 0 Å². The largest absolute Gasteiger partial charge is 0.507 e. The van der Waals surface area contributed by atoms with Crippen molar-refractivity contribution in [3.8, 4) is 0 Å². The van der Waals surface area contributed by atoms with Crippen molar-refractivity contribution in [2.45, 2.75) is 29.7 Å². The second kappa shape index (κ2) is 7.98. The number of carboxylic acid groups (broad SMARTS) is 1. The standard InChI is InChI=1S/C21H21NO8S2/c1-21(2)19(30-20(24)25)22(8-9-31-21)32(26,27)13-5-7-16-15(11-13)14-6-4-12(18(23)28-3)10-17(14)29-16/h4-7,10-11,19H,8-9H2,1-3H3,(H,24,25)/t19-/m0/s1. The molecule has 0 radical (unpaired) electrons. The highest BCUT2D eigenvalue weighted by atomic mass is 32.2. The van der Waals surface area contributed by atoms with E-state index in [4.69, 9.17) is 19.0 Å². The van der Waals surface area contributed by atoms with E-state index >= 15 is 0 Å². The molecule has 9 nitrogen and oxygen atoms in total. The number of nitrogens with zero attached hydrogens (tertiary/aromatic N) is 1. The van der Waals surface area contributed by atoms with Gasteiger partial charge in [0.15, 0.2) is 6.23 Å². The molecule has 2 aromatic carbocycles. The maximum atomic E-state index is 13.5. The lowest BCUT2D eigenvalue weighted by molar-refractivity contribution is -0.0166. The highest BCUT2D eigenvalue weighted by Crippen LogP contribution is 2.39. The molecular weight excluding hydrogens is 458 g/mol. The van der Waals surface area contributed by atoms with Crippen LogP contribution in [0.1, 0.15) is 24.2 Å². The van der Waals surface area contributed by atoms with Crippen LogP contribution in [0.15, 0.2) is 45.7 Å². The zero-order chi connectivity index (χ0) is 23.3. The first-order chi connectivity index (χ1) is 15.0. The van der Waals surface area contributed by atoms with Crippen molar-refractivity contribution in [1.29, 1.82) is 0 Å². The number of esters is 1. The molecule has 4 rings (SSSR count). The van der Waals surface area contributed by atoms with Crippen LogP contribution in [0.4, 0.5) is 4.79 Å².